The molecule has 0 saturated carbocycles. The Morgan fingerprint density at radius 2 is 1.04 bits per heavy atom. The smallest absolute Gasteiger partial charge is 0.147 e. The van der Waals surface area contributed by atoms with Crippen LogP contribution in [-0.4, -0.2) is 9.97 Å². The van der Waals surface area contributed by atoms with Crippen LogP contribution in [0.25, 0.3) is 110 Å². The Kier molecular flexibility index (Phi) is 5.63. The minimum atomic E-state index is 0.815. The van der Waals surface area contributed by atoms with E-state index in [1.807, 2.05) is 12.3 Å². The molecular formula is C46H26N2O2. The molecule has 0 atom stereocenters. The molecule has 0 amide bonds. The first-order valence-corrected chi connectivity index (χ1v) is 16.8. The second-order valence-electron chi connectivity index (χ2n) is 12.9. The molecule has 3 aromatic heterocycles. The first-order chi connectivity index (χ1) is 24.8. The van der Waals surface area contributed by atoms with Crippen LogP contribution in [0.15, 0.2) is 167 Å². The summed E-state index contributed by atoms with van der Waals surface area (Å²) in [7, 11) is 0. The molecule has 0 aliphatic heterocycles. The van der Waals surface area contributed by atoms with Crippen molar-refractivity contribution in [2.75, 3.05) is 0 Å². The first kappa shape index (κ1) is 27.2. The molecule has 0 saturated heterocycles. The fourth-order valence-corrected chi connectivity index (χ4v) is 7.76. The summed E-state index contributed by atoms with van der Waals surface area (Å²) in [4.78, 5) is 10.2. The van der Waals surface area contributed by atoms with Crippen LogP contribution in [0, 0.1) is 0 Å². The maximum atomic E-state index is 6.87. The van der Waals surface area contributed by atoms with Crippen LogP contribution >= 0.6 is 0 Å². The zero-order chi connectivity index (χ0) is 32.8. The van der Waals surface area contributed by atoms with Crippen molar-refractivity contribution < 1.29 is 8.83 Å². The van der Waals surface area contributed by atoms with E-state index in [9.17, 15) is 0 Å². The molecule has 0 aliphatic carbocycles. The number of benzene rings is 8. The van der Waals surface area contributed by atoms with Crippen LogP contribution in [0.4, 0.5) is 0 Å². The normalized spacial score (nSPS) is 12.0. The van der Waals surface area contributed by atoms with E-state index >= 15 is 0 Å². The van der Waals surface area contributed by atoms with Crippen LogP contribution in [0.5, 0.6) is 0 Å². The maximum absolute atomic E-state index is 6.87. The lowest BCUT2D eigenvalue weighted by Crippen LogP contribution is -1.92. The lowest BCUT2D eigenvalue weighted by molar-refractivity contribution is 0.663. The number of hydrogen-bond donors (Lipinski definition) is 0. The molecule has 4 nitrogen and oxygen atoms in total. The van der Waals surface area contributed by atoms with Gasteiger partial charge < -0.3 is 8.83 Å². The Morgan fingerprint density at radius 3 is 1.88 bits per heavy atom. The van der Waals surface area contributed by atoms with Gasteiger partial charge in [0.15, 0.2) is 0 Å². The van der Waals surface area contributed by atoms with Crippen molar-refractivity contribution in [1.29, 1.82) is 0 Å². The van der Waals surface area contributed by atoms with Gasteiger partial charge in [-0.05, 0) is 57.8 Å². The second kappa shape index (κ2) is 10.4. The number of furan rings is 2. The SMILES string of the molecule is c1ccc(-c2ccc3oc4ccc5c6cccc(-c7cccc(-c8cnc9c%10ccccc%10c%10ccccc%10c9n8)c7)c6oc5c4c3c2)cc1. The predicted molar refractivity (Wildman–Crippen MR) is 205 cm³/mol. The Morgan fingerprint density at radius 1 is 0.380 bits per heavy atom. The lowest BCUT2D eigenvalue weighted by atomic mass is 9.98. The van der Waals surface area contributed by atoms with Gasteiger partial charge in [-0.25, -0.2) is 4.98 Å². The van der Waals surface area contributed by atoms with E-state index < -0.39 is 0 Å². The average Bonchev–Trinajstić information content (AvgIpc) is 3.76. The molecule has 11 aromatic rings. The summed E-state index contributed by atoms with van der Waals surface area (Å²) >= 11 is 0. The van der Waals surface area contributed by atoms with Crippen LogP contribution in [-0.2, 0) is 0 Å². The third-order valence-electron chi connectivity index (χ3n) is 10.1. The molecule has 0 N–H and O–H groups in total. The van der Waals surface area contributed by atoms with Crippen LogP contribution < -0.4 is 0 Å². The van der Waals surface area contributed by atoms with Crippen molar-refractivity contribution in [1.82, 2.24) is 9.97 Å². The van der Waals surface area contributed by atoms with Gasteiger partial charge >= 0.3 is 0 Å². The van der Waals surface area contributed by atoms with E-state index in [4.69, 9.17) is 18.8 Å². The number of para-hydroxylation sites is 1. The molecule has 4 heteroatoms. The Balaban J connectivity index is 1.09. The van der Waals surface area contributed by atoms with Crippen LogP contribution in [0.2, 0.25) is 0 Å². The van der Waals surface area contributed by atoms with Gasteiger partial charge in [-0.15, -0.1) is 0 Å². The molecular weight excluding hydrogens is 613 g/mol. The molecule has 50 heavy (non-hydrogen) atoms. The van der Waals surface area contributed by atoms with Gasteiger partial charge in [-0.3, -0.25) is 4.98 Å². The van der Waals surface area contributed by atoms with Gasteiger partial charge in [0.2, 0.25) is 0 Å². The van der Waals surface area contributed by atoms with Crippen molar-refractivity contribution in [3.8, 4) is 33.5 Å². The van der Waals surface area contributed by atoms with Crippen molar-refractivity contribution in [2.24, 2.45) is 0 Å². The summed E-state index contributed by atoms with van der Waals surface area (Å²) in [6, 6.07) is 52.8. The second-order valence-corrected chi connectivity index (χ2v) is 12.9. The van der Waals surface area contributed by atoms with Gasteiger partial charge in [0.25, 0.3) is 0 Å². The Hall–Kier alpha value is -6.78. The van der Waals surface area contributed by atoms with Crippen LogP contribution in [0.3, 0.4) is 0 Å². The molecule has 0 fully saturated rings. The molecule has 0 aliphatic rings. The predicted octanol–water partition coefficient (Wildman–Crippen LogP) is 12.7. The highest BCUT2D eigenvalue weighted by Gasteiger charge is 2.19. The standard InChI is InChI=1S/C46H26N2O2/c1-2-10-27(11-3-1)28-20-22-40-38(25-28)42-41(49-40)23-21-37-36-19-9-18-31(45(36)50-46(37)42)29-12-8-13-30(24-29)39-26-47-43-34-16-6-4-14-32(34)33-15-5-7-17-35(33)44(43)48-39/h1-26H. The minimum absolute atomic E-state index is 0.815. The number of rotatable bonds is 3. The minimum Gasteiger partial charge on any atom is -0.456 e. The highest BCUT2D eigenvalue weighted by molar-refractivity contribution is 6.24. The third kappa shape index (κ3) is 3.93. The quantitative estimate of drug-likeness (QED) is 0.181. The number of fused-ring (bicyclic) bond motifs is 13. The Bertz CT molecular complexity index is 3120. The van der Waals surface area contributed by atoms with E-state index in [1.165, 1.54) is 16.3 Å². The van der Waals surface area contributed by atoms with Crippen molar-refractivity contribution in [3.63, 3.8) is 0 Å². The monoisotopic (exact) mass is 638 g/mol. The van der Waals surface area contributed by atoms with Gasteiger partial charge in [0.1, 0.15) is 22.3 Å². The van der Waals surface area contributed by atoms with E-state index in [-0.39, 0.29) is 0 Å². The highest BCUT2D eigenvalue weighted by atomic mass is 16.3. The summed E-state index contributed by atoms with van der Waals surface area (Å²) < 4.78 is 13.2. The Labute approximate surface area is 285 Å². The van der Waals surface area contributed by atoms with Gasteiger partial charge in [0.05, 0.1) is 28.3 Å². The van der Waals surface area contributed by atoms with Gasteiger partial charge in [0, 0.05) is 38.1 Å². The average molecular weight is 639 g/mol. The zero-order valence-corrected chi connectivity index (χ0v) is 26.7. The van der Waals surface area contributed by atoms with E-state index in [0.717, 1.165) is 93.6 Å². The van der Waals surface area contributed by atoms with Crippen LogP contribution in [0.1, 0.15) is 0 Å². The van der Waals surface area contributed by atoms with E-state index in [1.54, 1.807) is 0 Å². The van der Waals surface area contributed by atoms with E-state index in [0.29, 0.717) is 0 Å². The van der Waals surface area contributed by atoms with Gasteiger partial charge in [-0.2, -0.15) is 0 Å². The summed E-state index contributed by atoms with van der Waals surface area (Å²) in [5, 5.41) is 8.77. The summed E-state index contributed by atoms with van der Waals surface area (Å²) in [5.74, 6) is 0. The number of nitrogens with zero attached hydrogens (tertiary/aromatic N) is 2. The molecule has 0 radical (unpaired) electrons. The maximum Gasteiger partial charge on any atom is 0.147 e. The molecule has 8 aromatic carbocycles. The third-order valence-corrected chi connectivity index (χ3v) is 10.1. The number of hydrogen-bond acceptors (Lipinski definition) is 4. The summed E-state index contributed by atoms with van der Waals surface area (Å²) in [5.41, 5.74) is 11.4. The lowest BCUT2D eigenvalue weighted by Gasteiger charge is -2.11. The van der Waals surface area contributed by atoms with Gasteiger partial charge in [-0.1, -0.05) is 121 Å². The topological polar surface area (TPSA) is 52.1 Å². The van der Waals surface area contributed by atoms with Crippen molar-refractivity contribution in [2.45, 2.75) is 0 Å². The molecule has 3 heterocycles. The van der Waals surface area contributed by atoms with Crippen molar-refractivity contribution >= 4 is 76.5 Å². The van der Waals surface area contributed by atoms with Crippen molar-refractivity contribution in [3.05, 3.63) is 158 Å². The largest absolute Gasteiger partial charge is 0.456 e. The van der Waals surface area contributed by atoms with E-state index in [2.05, 4.69) is 146 Å². The number of aromatic nitrogens is 2. The molecule has 232 valence electrons. The fourth-order valence-electron chi connectivity index (χ4n) is 7.76. The summed E-state index contributed by atoms with van der Waals surface area (Å²) in [6.07, 6.45) is 1.90. The first-order valence-electron chi connectivity index (χ1n) is 16.8. The highest BCUT2D eigenvalue weighted by Crippen LogP contribution is 2.43. The fraction of sp³-hybridized carbons (Fsp3) is 0. The molecule has 0 unspecified atom stereocenters. The zero-order valence-electron chi connectivity index (χ0n) is 26.7. The molecule has 0 spiro atoms. The summed E-state index contributed by atoms with van der Waals surface area (Å²) in [6.45, 7) is 0. The molecule has 11 rings (SSSR count). The molecule has 0 bridgehead atoms.